The van der Waals surface area contributed by atoms with Crippen LogP contribution in [0.4, 0.5) is 0 Å². The molecule has 166 valence electrons. The van der Waals surface area contributed by atoms with Crippen molar-refractivity contribution in [3.63, 3.8) is 0 Å². The Morgan fingerprint density at radius 2 is 1.83 bits per heavy atom. The van der Waals surface area contributed by atoms with E-state index < -0.39 is 0 Å². The van der Waals surface area contributed by atoms with E-state index in [1.807, 2.05) is 30.7 Å². The molecule has 1 unspecified atom stereocenters. The fourth-order valence-electron chi connectivity index (χ4n) is 2.96. The number of nitrogens with one attached hydrogen (secondary N) is 2. The lowest BCUT2D eigenvalue weighted by Gasteiger charge is -2.30. The van der Waals surface area contributed by atoms with Gasteiger partial charge in [-0.1, -0.05) is 32.9 Å². The van der Waals surface area contributed by atoms with Gasteiger partial charge in [0, 0.05) is 27.2 Å². The molecule has 1 atom stereocenters. The Morgan fingerprint density at radius 3 is 2.37 bits per heavy atom. The van der Waals surface area contributed by atoms with Crippen LogP contribution in [0, 0.1) is 12.3 Å². The molecule has 0 radical (unpaired) electrons. The molecule has 0 saturated heterocycles. The molecule has 0 saturated carbocycles. The van der Waals surface area contributed by atoms with Gasteiger partial charge in [-0.05, 0) is 36.5 Å². The maximum absolute atomic E-state index is 5.66. The molecule has 2 N–H and O–H groups in total. The summed E-state index contributed by atoms with van der Waals surface area (Å²) in [6.07, 6.45) is 0.934. The Morgan fingerprint density at radius 1 is 1.13 bits per heavy atom. The summed E-state index contributed by atoms with van der Waals surface area (Å²) in [5, 5.41) is 15.1. The van der Waals surface area contributed by atoms with E-state index in [0.29, 0.717) is 13.1 Å². The van der Waals surface area contributed by atoms with E-state index >= 15 is 0 Å². The fraction of sp³-hybridized carbons (Fsp3) is 0.591. The molecule has 1 aromatic heterocycles. The van der Waals surface area contributed by atoms with Crippen LogP contribution in [0.15, 0.2) is 29.3 Å². The molecule has 8 nitrogen and oxygen atoms in total. The largest absolute Gasteiger partial charge is 0.497 e. The van der Waals surface area contributed by atoms with Crippen molar-refractivity contribution in [3.05, 3.63) is 41.5 Å². The maximum Gasteiger partial charge on any atom is 0.191 e. The van der Waals surface area contributed by atoms with Crippen LogP contribution in [0.5, 0.6) is 5.75 Å². The average Bonchev–Trinajstić information content (AvgIpc) is 3.03. The zero-order chi connectivity index (χ0) is 22.1. The third kappa shape index (κ3) is 7.02. The number of rotatable bonds is 9. The summed E-state index contributed by atoms with van der Waals surface area (Å²) in [5.74, 6) is 3.29. The Labute approximate surface area is 180 Å². The number of guanidine groups is 1. The van der Waals surface area contributed by atoms with Crippen molar-refractivity contribution in [2.75, 3.05) is 27.3 Å². The highest BCUT2D eigenvalue weighted by atomic mass is 16.5. The minimum absolute atomic E-state index is 0.0245. The summed E-state index contributed by atoms with van der Waals surface area (Å²) in [7, 11) is 5.37. The normalized spacial score (nSPS) is 13.2. The van der Waals surface area contributed by atoms with Crippen molar-refractivity contribution in [1.82, 2.24) is 25.4 Å². The van der Waals surface area contributed by atoms with Crippen LogP contribution in [-0.2, 0) is 24.8 Å². The van der Waals surface area contributed by atoms with Gasteiger partial charge in [-0.15, -0.1) is 10.2 Å². The quantitative estimate of drug-likeness (QED) is 0.482. The summed E-state index contributed by atoms with van der Waals surface area (Å²) in [4.78, 5) is 4.71. The Balaban J connectivity index is 2.01. The number of aryl methyl sites for hydroxylation is 1. The number of aromatic nitrogens is 3. The van der Waals surface area contributed by atoms with Crippen molar-refractivity contribution < 1.29 is 9.47 Å². The van der Waals surface area contributed by atoms with Crippen molar-refractivity contribution in [3.8, 4) is 5.75 Å². The number of hydrogen-bond donors (Lipinski definition) is 2. The molecule has 0 spiro atoms. The van der Waals surface area contributed by atoms with Crippen molar-refractivity contribution >= 4 is 5.96 Å². The van der Waals surface area contributed by atoms with Crippen molar-refractivity contribution in [2.24, 2.45) is 17.5 Å². The first-order valence-corrected chi connectivity index (χ1v) is 10.3. The first kappa shape index (κ1) is 23.7. The second kappa shape index (κ2) is 11.0. The van der Waals surface area contributed by atoms with Gasteiger partial charge in [0.1, 0.15) is 18.1 Å². The number of benzene rings is 1. The SMILES string of the molecule is COc1ccc(CCNC(=NCc2nnc(C)n2C)NCC(OC)C(C)(C)C)cc1. The second-order valence-electron chi connectivity index (χ2n) is 8.38. The Hall–Kier alpha value is -2.61. The number of methoxy groups -OCH3 is 2. The molecule has 0 aliphatic rings. The van der Waals surface area contributed by atoms with Gasteiger partial charge in [0.2, 0.25) is 0 Å². The Kier molecular flexibility index (Phi) is 8.65. The van der Waals surface area contributed by atoms with Crippen LogP contribution >= 0.6 is 0 Å². The number of hydrogen-bond acceptors (Lipinski definition) is 5. The predicted molar refractivity (Wildman–Crippen MR) is 120 cm³/mol. The van der Waals surface area contributed by atoms with E-state index in [1.54, 1.807) is 14.2 Å². The monoisotopic (exact) mass is 416 g/mol. The molecule has 2 rings (SSSR count). The molecule has 1 heterocycles. The van der Waals surface area contributed by atoms with Gasteiger partial charge >= 0.3 is 0 Å². The van der Waals surface area contributed by atoms with Gasteiger partial charge in [0.05, 0.1) is 13.2 Å². The average molecular weight is 417 g/mol. The molecular formula is C22H36N6O2. The molecular weight excluding hydrogens is 380 g/mol. The highest BCUT2D eigenvalue weighted by molar-refractivity contribution is 5.79. The van der Waals surface area contributed by atoms with Gasteiger partial charge in [-0.25, -0.2) is 4.99 Å². The van der Waals surface area contributed by atoms with Crippen LogP contribution in [0.3, 0.4) is 0 Å². The summed E-state index contributed by atoms with van der Waals surface area (Å²) in [5.41, 5.74) is 1.26. The molecule has 0 aliphatic carbocycles. The van der Waals surface area contributed by atoms with E-state index in [-0.39, 0.29) is 11.5 Å². The van der Waals surface area contributed by atoms with Crippen LogP contribution in [0.1, 0.15) is 38.0 Å². The van der Waals surface area contributed by atoms with Gasteiger partial charge in [-0.3, -0.25) is 0 Å². The summed E-state index contributed by atoms with van der Waals surface area (Å²) in [6, 6.07) is 8.11. The number of aliphatic imine (C=N–C) groups is 1. The molecule has 2 aromatic rings. The molecule has 0 amide bonds. The molecule has 8 heteroatoms. The first-order chi connectivity index (χ1) is 14.2. The molecule has 0 bridgehead atoms. The zero-order valence-corrected chi connectivity index (χ0v) is 19.3. The molecule has 30 heavy (non-hydrogen) atoms. The van der Waals surface area contributed by atoms with Crippen LogP contribution < -0.4 is 15.4 Å². The van der Waals surface area contributed by atoms with Gasteiger partial charge in [0.25, 0.3) is 0 Å². The topological polar surface area (TPSA) is 85.6 Å². The summed E-state index contributed by atoms with van der Waals surface area (Å²) < 4.78 is 12.8. The van der Waals surface area contributed by atoms with E-state index in [9.17, 15) is 0 Å². The minimum atomic E-state index is 0.0245. The maximum atomic E-state index is 5.66. The minimum Gasteiger partial charge on any atom is -0.497 e. The standard InChI is InChI=1S/C22H36N6O2/c1-16-26-27-20(28(16)5)15-25-21(24-14-19(30-7)22(2,3)4)23-13-12-17-8-10-18(29-6)11-9-17/h8-11,19H,12-15H2,1-7H3,(H2,23,24,25). The third-order valence-corrected chi connectivity index (χ3v) is 5.13. The molecule has 1 aromatic carbocycles. The van der Waals surface area contributed by atoms with Gasteiger partial charge in [0.15, 0.2) is 11.8 Å². The second-order valence-corrected chi connectivity index (χ2v) is 8.38. The van der Waals surface area contributed by atoms with Gasteiger partial charge < -0.3 is 24.7 Å². The van der Waals surface area contributed by atoms with Crippen LogP contribution in [-0.4, -0.2) is 54.1 Å². The fourth-order valence-corrected chi connectivity index (χ4v) is 2.96. The lowest BCUT2D eigenvalue weighted by molar-refractivity contribution is 0.0205. The Bertz CT molecular complexity index is 808. The first-order valence-electron chi connectivity index (χ1n) is 10.3. The molecule has 0 aliphatic heterocycles. The highest BCUT2D eigenvalue weighted by Gasteiger charge is 2.24. The van der Waals surface area contributed by atoms with Gasteiger partial charge in [-0.2, -0.15) is 0 Å². The third-order valence-electron chi connectivity index (χ3n) is 5.13. The van der Waals surface area contributed by atoms with Crippen LogP contribution in [0.2, 0.25) is 0 Å². The van der Waals surface area contributed by atoms with Crippen molar-refractivity contribution in [2.45, 2.75) is 46.8 Å². The predicted octanol–water partition coefficient (Wildman–Crippen LogP) is 2.47. The van der Waals surface area contributed by atoms with E-state index in [1.165, 1.54) is 5.56 Å². The van der Waals surface area contributed by atoms with E-state index in [0.717, 1.165) is 36.3 Å². The lowest BCUT2D eigenvalue weighted by atomic mass is 9.89. The smallest absolute Gasteiger partial charge is 0.191 e. The molecule has 0 fully saturated rings. The number of nitrogens with zero attached hydrogens (tertiary/aromatic N) is 4. The highest BCUT2D eigenvalue weighted by Crippen LogP contribution is 2.20. The van der Waals surface area contributed by atoms with Crippen molar-refractivity contribution in [1.29, 1.82) is 0 Å². The number of ether oxygens (including phenoxy) is 2. The summed E-state index contributed by atoms with van der Waals surface area (Å²) >= 11 is 0. The summed E-state index contributed by atoms with van der Waals surface area (Å²) in [6.45, 7) is 10.3. The van der Waals surface area contributed by atoms with Crippen LogP contribution in [0.25, 0.3) is 0 Å². The van der Waals surface area contributed by atoms with E-state index in [2.05, 4.69) is 53.7 Å². The zero-order valence-electron chi connectivity index (χ0n) is 19.3. The lowest BCUT2D eigenvalue weighted by Crippen LogP contribution is -2.45. The van der Waals surface area contributed by atoms with E-state index in [4.69, 9.17) is 14.5 Å².